The topological polar surface area (TPSA) is 24.9 Å². The third kappa shape index (κ3) is 3.07. The second-order valence-electron chi connectivity index (χ2n) is 3.46. The fourth-order valence-electron chi connectivity index (χ4n) is 1.45. The van der Waals surface area contributed by atoms with Gasteiger partial charge in [0, 0.05) is 11.4 Å². The van der Waals surface area contributed by atoms with Crippen LogP contribution in [0.1, 0.15) is 42.3 Å². The van der Waals surface area contributed by atoms with E-state index in [1.54, 1.807) is 0 Å². The van der Waals surface area contributed by atoms with E-state index in [1.165, 1.54) is 28.4 Å². The summed E-state index contributed by atoms with van der Waals surface area (Å²) < 4.78 is 0. The van der Waals surface area contributed by atoms with Crippen molar-refractivity contribution in [1.82, 2.24) is 10.3 Å². The van der Waals surface area contributed by atoms with Gasteiger partial charge in [0.15, 0.2) is 0 Å². The molecule has 0 radical (unpaired) electrons. The minimum absolute atomic E-state index is 0.965. The quantitative estimate of drug-likeness (QED) is 0.784. The number of nitrogens with one attached hydrogen (secondary N) is 1. The van der Waals surface area contributed by atoms with Gasteiger partial charge in [-0.3, -0.25) is 0 Å². The minimum Gasteiger partial charge on any atom is -0.315 e. The summed E-state index contributed by atoms with van der Waals surface area (Å²) in [4.78, 5) is 6.08. The van der Waals surface area contributed by atoms with Crippen molar-refractivity contribution in [3.05, 3.63) is 15.6 Å². The van der Waals surface area contributed by atoms with E-state index in [-0.39, 0.29) is 0 Å². The molecule has 1 aromatic heterocycles. The summed E-state index contributed by atoms with van der Waals surface area (Å²) in [7, 11) is 1.99. The van der Waals surface area contributed by atoms with Crippen molar-refractivity contribution in [1.29, 1.82) is 0 Å². The van der Waals surface area contributed by atoms with E-state index in [0.717, 1.165) is 19.4 Å². The van der Waals surface area contributed by atoms with E-state index in [4.69, 9.17) is 0 Å². The van der Waals surface area contributed by atoms with Crippen LogP contribution >= 0.6 is 11.3 Å². The van der Waals surface area contributed by atoms with Crippen molar-refractivity contribution in [2.24, 2.45) is 0 Å². The second kappa shape index (κ2) is 6.14. The highest BCUT2D eigenvalue weighted by Gasteiger charge is 2.07. The molecule has 0 atom stereocenters. The Labute approximate surface area is 90.8 Å². The standard InChI is InChI=1S/C11H20N2S/c1-4-6-7-11-13-9(5-2)10(14-11)8-12-3/h12H,4-8H2,1-3H3. The lowest BCUT2D eigenvalue weighted by Crippen LogP contribution is -2.05. The number of thiazole rings is 1. The maximum Gasteiger partial charge on any atom is 0.0931 e. The zero-order valence-corrected chi connectivity index (χ0v) is 10.2. The van der Waals surface area contributed by atoms with Gasteiger partial charge in [0.1, 0.15) is 0 Å². The Morgan fingerprint density at radius 3 is 2.71 bits per heavy atom. The maximum atomic E-state index is 4.66. The number of aromatic nitrogens is 1. The van der Waals surface area contributed by atoms with Crippen LogP contribution in [0.15, 0.2) is 0 Å². The third-order valence-electron chi connectivity index (χ3n) is 2.24. The first-order chi connectivity index (χ1) is 6.81. The first-order valence-electron chi connectivity index (χ1n) is 5.43. The molecule has 1 aromatic rings. The third-order valence-corrected chi connectivity index (χ3v) is 3.40. The van der Waals surface area contributed by atoms with Crippen molar-refractivity contribution in [2.75, 3.05) is 7.05 Å². The highest BCUT2D eigenvalue weighted by molar-refractivity contribution is 7.11. The molecule has 0 saturated heterocycles. The van der Waals surface area contributed by atoms with Crippen molar-refractivity contribution in [2.45, 2.75) is 46.1 Å². The Morgan fingerprint density at radius 2 is 2.14 bits per heavy atom. The van der Waals surface area contributed by atoms with Gasteiger partial charge in [-0.1, -0.05) is 20.3 Å². The number of unbranched alkanes of at least 4 members (excludes halogenated alkanes) is 1. The van der Waals surface area contributed by atoms with Gasteiger partial charge < -0.3 is 5.32 Å². The van der Waals surface area contributed by atoms with E-state index in [9.17, 15) is 0 Å². The number of rotatable bonds is 6. The zero-order chi connectivity index (χ0) is 10.4. The first-order valence-corrected chi connectivity index (χ1v) is 6.25. The summed E-state index contributed by atoms with van der Waals surface area (Å²) in [6, 6.07) is 0. The van der Waals surface area contributed by atoms with E-state index in [1.807, 2.05) is 18.4 Å². The molecule has 80 valence electrons. The van der Waals surface area contributed by atoms with Crippen LogP contribution in [0.4, 0.5) is 0 Å². The lowest BCUT2D eigenvalue weighted by atomic mass is 10.2. The lowest BCUT2D eigenvalue weighted by Gasteiger charge is -1.96. The normalized spacial score (nSPS) is 10.8. The first kappa shape index (κ1) is 11.7. The molecule has 0 unspecified atom stereocenters. The van der Waals surface area contributed by atoms with Crippen molar-refractivity contribution >= 4 is 11.3 Å². The van der Waals surface area contributed by atoms with Crippen molar-refractivity contribution in [3.63, 3.8) is 0 Å². The molecule has 0 spiro atoms. The Hall–Kier alpha value is -0.410. The van der Waals surface area contributed by atoms with E-state index < -0.39 is 0 Å². The summed E-state index contributed by atoms with van der Waals surface area (Å²) in [5, 5.41) is 4.51. The van der Waals surface area contributed by atoms with Crippen LogP contribution in [0.2, 0.25) is 0 Å². The fourth-order valence-corrected chi connectivity index (χ4v) is 2.66. The largest absolute Gasteiger partial charge is 0.315 e. The molecule has 2 nitrogen and oxygen atoms in total. The highest BCUT2D eigenvalue weighted by Crippen LogP contribution is 2.20. The van der Waals surface area contributed by atoms with Crippen LogP contribution in [0.25, 0.3) is 0 Å². The molecule has 0 aliphatic carbocycles. The number of hydrogen-bond acceptors (Lipinski definition) is 3. The minimum atomic E-state index is 0.965. The van der Waals surface area contributed by atoms with Gasteiger partial charge in [0.05, 0.1) is 10.7 Å². The summed E-state index contributed by atoms with van der Waals surface area (Å²) in [6.45, 7) is 5.37. The molecule has 0 aliphatic rings. The molecule has 0 fully saturated rings. The van der Waals surface area contributed by atoms with Gasteiger partial charge in [0.2, 0.25) is 0 Å². The van der Waals surface area contributed by atoms with E-state index in [2.05, 4.69) is 24.1 Å². The lowest BCUT2D eigenvalue weighted by molar-refractivity contribution is 0.782. The molecule has 0 bridgehead atoms. The van der Waals surface area contributed by atoms with Crippen LogP contribution in [0, 0.1) is 0 Å². The molecule has 0 aromatic carbocycles. The molecule has 1 N–H and O–H groups in total. The molecular formula is C11H20N2S. The van der Waals surface area contributed by atoms with E-state index >= 15 is 0 Å². The maximum absolute atomic E-state index is 4.66. The van der Waals surface area contributed by atoms with Crippen LogP contribution in [-0.4, -0.2) is 12.0 Å². The summed E-state index contributed by atoms with van der Waals surface area (Å²) in [6.07, 6.45) is 4.72. The SMILES string of the molecule is CCCCc1nc(CC)c(CNC)s1. The average molecular weight is 212 g/mol. The van der Waals surface area contributed by atoms with Gasteiger partial charge in [-0.2, -0.15) is 0 Å². The second-order valence-corrected chi connectivity index (χ2v) is 4.63. The molecule has 0 aliphatic heterocycles. The Bertz CT molecular complexity index is 268. The molecule has 1 heterocycles. The molecule has 3 heteroatoms. The summed E-state index contributed by atoms with van der Waals surface area (Å²) in [5.74, 6) is 0. The molecule has 0 saturated carbocycles. The summed E-state index contributed by atoms with van der Waals surface area (Å²) in [5.41, 5.74) is 1.29. The smallest absolute Gasteiger partial charge is 0.0931 e. The monoisotopic (exact) mass is 212 g/mol. The number of aryl methyl sites for hydroxylation is 2. The highest BCUT2D eigenvalue weighted by atomic mass is 32.1. The van der Waals surface area contributed by atoms with Gasteiger partial charge in [-0.15, -0.1) is 11.3 Å². The van der Waals surface area contributed by atoms with Crippen LogP contribution in [0.3, 0.4) is 0 Å². The van der Waals surface area contributed by atoms with Crippen molar-refractivity contribution < 1.29 is 0 Å². The van der Waals surface area contributed by atoms with Crippen LogP contribution in [-0.2, 0) is 19.4 Å². The van der Waals surface area contributed by atoms with Crippen molar-refractivity contribution in [3.8, 4) is 0 Å². The fraction of sp³-hybridized carbons (Fsp3) is 0.727. The molecule has 1 rings (SSSR count). The molecular weight excluding hydrogens is 192 g/mol. The predicted molar refractivity (Wildman–Crippen MR) is 62.9 cm³/mol. The number of nitrogens with zero attached hydrogens (tertiary/aromatic N) is 1. The predicted octanol–water partition coefficient (Wildman–Crippen LogP) is 2.77. The Balaban J connectivity index is 2.67. The van der Waals surface area contributed by atoms with Gasteiger partial charge in [-0.25, -0.2) is 4.98 Å². The molecule has 14 heavy (non-hydrogen) atoms. The zero-order valence-electron chi connectivity index (χ0n) is 9.39. The number of hydrogen-bond donors (Lipinski definition) is 1. The van der Waals surface area contributed by atoms with Gasteiger partial charge in [0.25, 0.3) is 0 Å². The summed E-state index contributed by atoms with van der Waals surface area (Å²) >= 11 is 1.87. The van der Waals surface area contributed by atoms with Gasteiger partial charge >= 0.3 is 0 Å². The average Bonchev–Trinajstić information content (AvgIpc) is 2.58. The Kier molecular flexibility index (Phi) is 5.12. The Morgan fingerprint density at radius 1 is 1.36 bits per heavy atom. The van der Waals surface area contributed by atoms with E-state index in [0.29, 0.717) is 0 Å². The van der Waals surface area contributed by atoms with Crippen LogP contribution in [0.5, 0.6) is 0 Å². The van der Waals surface area contributed by atoms with Gasteiger partial charge in [-0.05, 0) is 26.3 Å². The molecule has 0 amide bonds. The van der Waals surface area contributed by atoms with Crippen LogP contribution < -0.4 is 5.32 Å².